The molecular formula is C28H30N4O5. The van der Waals surface area contributed by atoms with Crippen molar-refractivity contribution in [2.24, 2.45) is 0 Å². The lowest BCUT2D eigenvalue weighted by molar-refractivity contribution is -0.143. The minimum Gasteiger partial charge on any atom is -0.465 e. The van der Waals surface area contributed by atoms with Crippen LogP contribution in [0.2, 0.25) is 0 Å². The van der Waals surface area contributed by atoms with Gasteiger partial charge in [0.05, 0.1) is 23.9 Å². The number of carbonyl (C=O) groups is 3. The lowest BCUT2D eigenvalue weighted by Crippen LogP contribution is -2.61. The monoisotopic (exact) mass is 502 g/mol. The molecule has 3 amide bonds. The Kier molecular flexibility index (Phi) is 6.96. The SMILES string of the molecule is Cc1cc(C(=O)N2CCN(C(=O)O)C[C@H]2CN2CCOCC2=O)c(-c2ccccc2)n1-c1ccccc1. The van der Waals surface area contributed by atoms with E-state index < -0.39 is 12.1 Å². The third-order valence-corrected chi connectivity index (χ3v) is 7.01. The summed E-state index contributed by atoms with van der Waals surface area (Å²) in [6.45, 7) is 3.69. The number of aromatic nitrogens is 1. The maximum Gasteiger partial charge on any atom is 0.407 e. The minimum atomic E-state index is -1.03. The summed E-state index contributed by atoms with van der Waals surface area (Å²) in [5, 5.41) is 9.63. The quantitative estimate of drug-likeness (QED) is 0.579. The average Bonchev–Trinajstić information content (AvgIpc) is 3.27. The van der Waals surface area contributed by atoms with Crippen LogP contribution in [0.25, 0.3) is 16.9 Å². The number of benzene rings is 2. The maximum absolute atomic E-state index is 14.2. The zero-order valence-corrected chi connectivity index (χ0v) is 20.7. The molecule has 2 fully saturated rings. The lowest BCUT2D eigenvalue weighted by atomic mass is 10.0. The molecule has 0 saturated carbocycles. The van der Waals surface area contributed by atoms with Gasteiger partial charge < -0.3 is 29.1 Å². The molecule has 2 saturated heterocycles. The summed E-state index contributed by atoms with van der Waals surface area (Å²) in [4.78, 5) is 43.1. The summed E-state index contributed by atoms with van der Waals surface area (Å²) in [5.41, 5.74) is 4.11. The van der Waals surface area contributed by atoms with Gasteiger partial charge in [-0.3, -0.25) is 9.59 Å². The van der Waals surface area contributed by atoms with Crippen LogP contribution in [0.3, 0.4) is 0 Å². The molecule has 0 spiro atoms. The van der Waals surface area contributed by atoms with Crippen molar-refractivity contribution in [2.75, 3.05) is 45.9 Å². The Morgan fingerprint density at radius 2 is 1.70 bits per heavy atom. The molecule has 9 heteroatoms. The van der Waals surface area contributed by atoms with Gasteiger partial charge in [-0.05, 0) is 30.7 Å². The van der Waals surface area contributed by atoms with Gasteiger partial charge in [-0.25, -0.2) is 4.79 Å². The minimum absolute atomic E-state index is 0.000583. The molecule has 1 N–H and O–H groups in total. The summed E-state index contributed by atoms with van der Waals surface area (Å²) in [7, 11) is 0. The highest BCUT2D eigenvalue weighted by Gasteiger charge is 2.37. The molecule has 2 aromatic carbocycles. The number of rotatable bonds is 5. The Labute approximate surface area is 215 Å². The predicted octanol–water partition coefficient (Wildman–Crippen LogP) is 3.12. The highest BCUT2D eigenvalue weighted by Crippen LogP contribution is 2.32. The van der Waals surface area contributed by atoms with E-state index in [0.717, 1.165) is 22.6 Å². The van der Waals surface area contributed by atoms with E-state index in [2.05, 4.69) is 4.57 Å². The van der Waals surface area contributed by atoms with E-state index in [4.69, 9.17) is 4.74 Å². The first-order valence-electron chi connectivity index (χ1n) is 12.4. The molecule has 3 heterocycles. The van der Waals surface area contributed by atoms with Crippen LogP contribution in [0.4, 0.5) is 4.79 Å². The number of nitrogens with zero attached hydrogens (tertiary/aromatic N) is 4. The predicted molar refractivity (Wildman–Crippen MR) is 138 cm³/mol. The van der Waals surface area contributed by atoms with Crippen LogP contribution in [0.15, 0.2) is 66.7 Å². The summed E-state index contributed by atoms with van der Waals surface area (Å²) in [6, 6.07) is 21.1. The molecule has 1 aromatic heterocycles. The van der Waals surface area contributed by atoms with Crippen LogP contribution in [-0.2, 0) is 9.53 Å². The fourth-order valence-corrected chi connectivity index (χ4v) is 5.20. The normalized spacial score (nSPS) is 18.2. The number of piperazine rings is 1. The molecule has 3 aromatic rings. The van der Waals surface area contributed by atoms with E-state index in [9.17, 15) is 19.5 Å². The van der Waals surface area contributed by atoms with E-state index in [1.54, 1.807) is 9.80 Å². The first kappa shape index (κ1) is 24.6. The van der Waals surface area contributed by atoms with Gasteiger partial charge in [0, 0.05) is 44.1 Å². The summed E-state index contributed by atoms with van der Waals surface area (Å²) >= 11 is 0. The highest BCUT2D eigenvalue weighted by atomic mass is 16.5. The molecule has 0 radical (unpaired) electrons. The second-order valence-corrected chi connectivity index (χ2v) is 9.36. The van der Waals surface area contributed by atoms with Gasteiger partial charge in [-0.1, -0.05) is 48.5 Å². The smallest absolute Gasteiger partial charge is 0.407 e. The molecule has 9 nitrogen and oxygen atoms in total. The van der Waals surface area contributed by atoms with Crippen LogP contribution < -0.4 is 0 Å². The highest BCUT2D eigenvalue weighted by molar-refractivity contribution is 6.01. The average molecular weight is 503 g/mol. The van der Waals surface area contributed by atoms with Gasteiger partial charge in [0.15, 0.2) is 0 Å². The Morgan fingerprint density at radius 3 is 2.38 bits per heavy atom. The number of amides is 3. The number of hydrogen-bond donors (Lipinski definition) is 1. The Balaban J connectivity index is 1.55. The number of ether oxygens (including phenoxy) is 1. The third-order valence-electron chi connectivity index (χ3n) is 7.01. The van der Waals surface area contributed by atoms with E-state index in [-0.39, 0.29) is 44.6 Å². The van der Waals surface area contributed by atoms with Crippen molar-refractivity contribution in [3.05, 3.63) is 78.0 Å². The number of morpholine rings is 1. The van der Waals surface area contributed by atoms with Gasteiger partial charge >= 0.3 is 6.09 Å². The van der Waals surface area contributed by atoms with Crippen molar-refractivity contribution >= 4 is 17.9 Å². The zero-order valence-electron chi connectivity index (χ0n) is 20.7. The summed E-state index contributed by atoms with van der Waals surface area (Å²) in [6.07, 6.45) is -1.03. The Morgan fingerprint density at radius 1 is 1.00 bits per heavy atom. The molecule has 192 valence electrons. The first-order valence-corrected chi connectivity index (χ1v) is 12.4. The van der Waals surface area contributed by atoms with Gasteiger partial charge in [-0.15, -0.1) is 0 Å². The fourth-order valence-electron chi connectivity index (χ4n) is 5.20. The number of carbonyl (C=O) groups excluding carboxylic acids is 2. The molecule has 2 aliphatic rings. The molecule has 2 aliphatic heterocycles. The van der Waals surface area contributed by atoms with E-state index >= 15 is 0 Å². The lowest BCUT2D eigenvalue weighted by Gasteiger charge is -2.43. The Hall–Kier alpha value is -4.11. The molecule has 37 heavy (non-hydrogen) atoms. The standard InChI is InChI=1S/C28H30N4O5/c1-20-16-24(26(21-8-4-2-5-9-21)32(20)22-10-6-3-7-11-22)27(34)31-13-12-30(28(35)36)18-23(31)17-29-14-15-37-19-25(29)33/h2-11,16,23H,12-15,17-19H2,1H3,(H,35,36)/t23-/m1/s1. The van der Waals surface area contributed by atoms with Crippen LogP contribution in [0, 0.1) is 6.92 Å². The zero-order chi connectivity index (χ0) is 25.9. The molecular weight excluding hydrogens is 472 g/mol. The molecule has 5 rings (SSSR count). The molecule has 0 bridgehead atoms. The van der Waals surface area contributed by atoms with Crippen LogP contribution in [-0.4, -0.2) is 94.3 Å². The van der Waals surface area contributed by atoms with Crippen molar-refractivity contribution in [2.45, 2.75) is 13.0 Å². The van der Waals surface area contributed by atoms with Crippen LogP contribution in [0.1, 0.15) is 16.1 Å². The molecule has 0 aliphatic carbocycles. The summed E-state index contributed by atoms with van der Waals surface area (Å²) in [5.74, 6) is -0.325. The summed E-state index contributed by atoms with van der Waals surface area (Å²) < 4.78 is 7.33. The third kappa shape index (κ3) is 4.95. The van der Waals surface area contributed by atoms with Gasteiger partial charge in [0.1, 0.15) is 6.61 Å². The van der Waals surface area contributed by atoms with Crippen molar-refractivity contribution in [3.8, 4) is 16.9 Å². The topological polar surface area (TPSA) is 95.3 Å². The van der Waals surface area contributed by atoms with Crippen molar-refractivity contribution in [3.63, 3.8) is 0 Å². The fraction of sp³-hybridized carbons (Fsp3) is 0.321. The first-order chi connectivity index (χ1) is 17.9. The van der Waals surface area contributed by atoms with E-state index in [0.29, 0.717) is 18.7 Å². The van der Waals surface area contributed by atoms with Crippen molar-refractivity contribution < 1.29 is 24.2 Å². The van der Waals surface area contributed by atoms with Crippen molar-refractivity contribution in [1.82, 2.24) is 19.3 Å². The van der Waals surface area contributed by atoms with Gasteiger partial charge in [0.2, 0.25) is 5.91 Å². The van der Waals surface area contributed by atoms with Crippen LogP contribution >= 0.6 is 0 Å². The number of carboxylic acid groups (broad SMARTS) is 1. The van der Waals surface area contributed by atoms with Crippen molar-refractivity contribution in [1.29, 1.82) is 0 Å². The number of aryl methyl sites for hydroxylation is 1. The molecule has 1 atom stereocenters. The Bertz CT molecular complexity index is 1290. The van der Waals surface area contributed by atoms with Gasteiger partial charge in [-0.2, -0.15) is 0 Å². The molecule has 0 unspecified atom stereocenters. The van der Waals surface area contributed by atoms with Crippen LogP contribution in [0.5, 0.6) is 0 Å². The number of hydrogen-bond acceptors (Lipinski definition) is 4. The second-order valence-electron chi connectivity index (χ2n) is 9.36. The largest absolute Gasteiger partial charge is 0.465 e. The number of para-hydroxylation sites is 1. The second kappa shape index (κ2) is 10.5. The van der Waals surface area contributed by atoms with E-state index in [1.165, 1.54) is 4.90 Å². The van der Waals surface area contributed by atoms with E-state index in [1.807, 2.05) is 73.7 Å². The van der Waals surface area contributed by atoms with Gasteiger partial charge in [0.25, 0.3) is 5.91 Å². The maximum atomic E-state index is 14.2.